The van der Waals surface area contributed by atoms with E-state index in [0.29, 0.717) is 12.2 Å². The maximum absolute atomic E-state index is 11.2. The molecule has 3 heterocycles. The molecule has 7 heteroatoms. The van der Waals surface area contributed by atoms with E-state index in [1.54, 1.807) is 4.68 Å². The lowest BCUT2D eigenvalue weighted by atomic mass is 9.89. The minimum Gasteiger partial charge on any atom is -0.382 e. The summed E-state index contributed by atoms with van der Waals surface area (Å²) >= 11 is 0. The van der Waals surface area contributed by atoms with Crippen molar-refractivity contribution in [2.45, 2.75) is 44.9 Å². The third-order valence-corrected chi connectivity index (χ3v) is 4.98. The largest absolute Gasteiger partial charge is 0.382 e. The molecular formula is C18H24N6O. The zero-order chi connectivity index (χ0) is 17.4. The van der Waals surface area contributed by atoms with E-state index in [2.05, 4.69) is 57.5 Å². The highest BCUT2D eigenvalue weighted by Gasteiger charge is 2.37. The first-order chi connectivity index (χ1) is 12.0. The van der Waals surface area contributed by atoms with Gasteiger partial charge in [-0.1, -0.05) is 17.3 Å². The average molecular weight is 340 g/mol. The number of likely N-dealkylation sites (tertiary alicyclic amines) is 1. The normalized spacial score (nSPS) is 22.1. The molecule has 1 aliphatic rings. The molecule has 1 fully saturated rings. The summed E-state index contributed by atoms with van der Waals surface area (Å²) in [6, 6.07) is 6.58. The Balaban J connectivity index is 1.51. The molecule has 25 heavy (non-hydrogen) atoms. The van der Waals surface area contributed by atoms with E-state index in [-0.39, 0.29) is 6.04 Å². The SMILES string of the molecule is CC(C)n1cc([C@]2(O)CCCN(Cc3ccc4cn[nH]c4c3)C2)nn1. The van der Waals surface area contributed by atoms with E-state index in [1.807, 2.05) is 12.4 Å². The lowest BCUT2D eigenvalue weighted by Gasteiger charge is -2.38. The first-order valence-corrected chi connectivity index (χ1v) is 8.82. The Labute approximate surface area is 146 Å². The van der Waals surface area contributed by atoms with Crippen molar-refractivity contribution in [1.82, 2.24) is 30.1 Å². The number of nitrogens with zero attached hydrogens (tertiary/aromatic N) is 5. The number of nitrogens with one attached hydrogen (secondary N) is 1. The Morgan fingerprint density at radius 2 is 2.24 bits per heavy atom. The van der Waals surface area contributed by atoms with Crippen molar-refractivity contribution >= 4 is 10.9 Å². The first-order valence-electron chi connectivity index (χ1n) is 8.82. The average Bonchev–Trinajstić information content (AvgIpc) is 3.24. The van der Waals surface area contributed by atoms with Gasteiger partial charge in [-0.3, -0.25) is 10.00 Å². The molecule has 3 aromatic rings. The van der Waals surface area contributed by atoms with Crippen LogP contribution in [0, 0.1) is 0 Å². The molecule has 2 N–H and O–H groups in total. The van der Waals surface area contributed by atoms with Gasteiger partial charge in [-0.2, -0.15) is 5.10 Å². The van der Waals surface area contributed by atoms with Crippen LogP contribution in [0.3, 0.4) is 0 Å². The van der Waals surface area contributed by atoms with E-state index in [9.17, 15) is 5.11 Å². The van der Waals surface area contributed by atoms with Gasteiger partial charge in [0.25, 0.3) is 0 Å². The third kappa shape index (κ3) is 3.17. The lowest BCUT2D eigenvalue weighted by Crippen LogP contribution is -2.45. The molecule has 132 valence electrons. The van der Waals surface area contributed by atoms with Gasteiger partial charge >= 0.3 is 0 Å². The van der Waals surface area contributed by atoms with E-state index in [4.69, 9.17) is 0 Å². The number of aromatic nitrogens is 5. The van der Waals surface area contributed by atoms with Crippen LogP contribution in [0.5, 0.6) is 0 Å². The number of H-pyrrole nitrogens is 1. The van der Waals surface area contributed by atoms with Crippen LogP contribution < -0.4 is 0 Å². The molecule has 2 aromatic heterocycles. The Kier molecular flexibility index (Phi) is 4.05. The molecule has 0 bridgehead atoms. The molecule has 0 aliphatic carbocycles. The summed E-state index contributed by atoms with van der Waals surface area (Å²) in [4.78, 5) is 2.29. The lowest BCUT2D eigenvalue weighted by molar-refractivity contribution is -0.0414. The van der Waals surface area contributed by atoms with Gasteiger partial charge in [-0.05, 0) is 44.9 Å². The van der Waals surface area contributed by atoms with Gasteiger partial charge in [0.05, 0.1) is 17.9 Å². The van der Waals surface area contributed by atoms with E-state index in [0.717, 1.165) is 36.8 Å². The van der Waals surface area contributed by atoms with Crippen LogP contribution in [0.2, 0.25) is 0 Å². The van der Waals surface area contributed by atoms with Gasteiger partial charge in [-0.25, -0.2) is 4.68 Å². The predicted octanol–water partition coefficient (Wildman–Crippen LogP) is 2.22. The zero-order valence-corrected chi connectivity index (χ0v) is 14.7. The third-order valence-electron chi connectivity index (χ3n) is 4.98. The van der Waals surface area contributed by atoms with Crippen molar-refractivity contribution in [2.24, 2.45) is 0 Å². The Morgan fingerprint density at radius 3 is 3.04 bits per heavy atom. The smallest absolute Gasteiger partial charge is 0.123 e. The second-order valence-corrected chi connectivity index (χ2v) is 7.31. The Bertz CT molecular complexity index is 869. The van der Waals surface area contributed by atoms with Crippen LogP contribution in [0.1, 0.15) is 44.0 Å². The molecule has 1 atom stereocenters. The number of aromatic amines is 1. The van der Waals surface area contributed by atoms with Crippen LogP contribution in [-0.4, -0.2) is 48.3 Å². The van der Waals surface area contributed by atoms with Crippen molar-refractivity contribution in [3.63, 3.8) is 0 Å². The fourth-order valence-corrected chi connectivity index (χ4v) is 3.55. The molecule has 0 amide bonds. The van der Waals surface area contributed by atoms with Gasteiger partial charge in [0, 0.05) is 24.5 Å². The summed E-state index contributed by atoms with van der Waals surface area (Å²) in [6.07, 6.45) is 5.37. The van der Waals surface area contributed by atoms with Crippen LogP contribution in [0.15, 0.2) is 30.6 Å². The van der Waals surface area contributed by atoms with Gasteiger partial charge < -0.3 is 5.11 Å². The van der Waals surface area contributed by atoms with E-state index < -0.39 is 5.60 Å². The van der Waals surface area contributed by atoms with Crippen molar-refractivity contribution in [1.29, 1.82) is 0 Å². The number of hydrogen-bond donors (Lipinski definition) is 2. The van der Waals surface area contributed by atoms with Crippen LogP contribution in [0.25, 0.3) is 10.9 Å². The first kappa shape index (κ1) is 16.2. The molecule has 0 unspecified atom stereocenters. The van der Waals surface area contributed by atoms with E-state index >= 15 is 0 Å². The number of fused-ring (bicyclic) bond motifs is 1. The van der Waals surface area contributed by atoms with Crippen molar-refractivity contribution in [2.75, 3.05) is 13.1 Å². The highest BCUT2D eigenvalue weighted by atomic mass is 16.3. The number of piperidine rings is 1. The molecule has 1 saturated heterocycles. The summed E-state index contributed by atoms with van der Waals surface area (Å²) in [7, 11) is 0. The fourth-order valence-electron chi connectivity index (χ4n) is 3.55. The second kappa shape index (κ2) is 6.24. The van der Waals surface area contributed by atoms with Crippen LogP contribution >= 0.6 is 0 Å². The van der Waals surface area contributed by atoms with Crippen molar-refractivity contribution in [3.8, 4) is 0 Å². The topological polar surface area (TPSA) is 82.9 Å². The van der Waals surface area contributed by atoms with E-state index in [1.165, 1.54) is 5.56 Å². The Hall–Kier alpha value is -2.25. The summed E-state index contributed by atoms with van der Waals surface area (Å²) in [6.45, 7) is 6.46. The summed E-state index contributed by atoms with van der Waals surface area (Å²) in [5.74, 6) is 0. The summed E-state index contributed by atoms with van der Waals surface area (Å²) < 4.78 is 1.80. The molecule has 4 rings (SSSR count). The van der Waals surface area contributed by atoms with Gasteiger partial charge in [0.15, 0.2) is 0 Å². The molecule has 7 nitrogen and oxygen atoms in total. The molecule has 0 spiro atoms. The number of β-amino-alcohol motifs (C(OH)–C–C–N with tert-alkyl or cyclic N) is 1. The number of hydrogen-bond acceptors (Lipinski definition) is 5. The molecule has 1 aliphatic heterocycles. The number of benzene rings is 1. The number of rotatable bonds is 4. The quantitative estimate of drug-likeness (QED) is 0.761. The highest BCUT2D eigenvalue weighted by molar-refractivity contribution is 5.78. The standard InChI is InChI=1S/C18H24N6O/c1-13(2)24-11-17(21-22-24)18(25)6-3-7-23(12-18)10-14-4-5-15-9-19-20-16(15)8-14/h4-5,8-9,11,13,25H,3,6-7,10,12H2,1-2H3,(H,19,20)/t18-/m0/s1. The van der Waals surface area contributed by atoms with Crippen molar-refractivity contribution < 1.29 is 5.11 Å². The summed E-state index contributed by atoms with van der Waals surface area (Å²) in [5.41, 5.74) is 2.01. The monoisotopic (exact) mass is 340 g/mol. The van der Waals surface area contributed by atoms with Crippen LogP contribution in [0.4, 0.5) is 0 Å². The van der Waals surface area contributed by atoms with Gasteiger partial charge in [-0.15, -0.1) is 5.10 Å². The minimum atomic E-state index is -0.927. The maximum Gasteiger partial charge on any atom is 0.123 e. The van der Waals surface area contributed by atoms with Gasteiger partial charge in [0.2, 0.25) is 0 Å². The van der Waals surface area contributed by atoms with Gasteiger partial charge in [0.1, 0.15) is 11.3 Å². The molecule has 0 radical (unpaired) electrons. The van der Waals surface area contributed by atoms with Crippen LogP contribution in [-0.2, 0) is 12.1 Å². The molecule has 0 saturated carbocycles. The van der Waals surface area contributed by atoms with Crippen molar-refractivity contribution in [3.05, 3.63) is 41.9 Å². The Morgan fingerprint density at radius 1 is 1.36 bits per heavy atom. The molecule has 1 aromatic carbocycles. The summed E-state index contributed by atoms with van der Waals surface area (Å²) in [5, 5.41) is 27.7. The zero-order valence-electron chi connectivity index (χ0n) is 14.7. The highest BCUT2D eigenvalue weighted by Crippen LogP contribution is 2.31. The minimum absolute atomic E-state index is 0.241. The fraction of sp³-hybridized carbons (Fsp3) is 0.500. The predicted molar refractivity (Wildman–Crippen MR) is 94.9 cm³/mol. The second-order valence-electron chi connectivity index (χ2n) is 7.31. The number of aliphatic hydroxyl groups is 1. The molecular weight excluding hydrogens is 316 g/mol. The maximum atomic E-state index is 11.2.